The summed E-state index contributed by atoms with van der Waals surface area (Å²) < 4.78 is 2.35. The van der Waals surface area contributed by atoms with Crippen LogP contribution in [-0.2, 0) is 0 Å². The minimum Gasteiger partial charge on any atom is -0.344 e. The Hall–Kier alpha value is -7.37. The summed E-state index contributed by atoms with van der Waals surface area (Å²) in [6.45, 7) is 0. The Balaban J connectivity index is 0.931. The quantitative estimate of drug-likeness (QED) is 0.179. The van der Waals surface area contributed by atoms with Crippen LogP contribution in [0.2, 0.25) is 0 Å². The second-order valence-electron chi connectivity index (χ2n) is 13.8. The monoisotopic (exact) mass is 705 g/mol. The molecule has 5 nitrogen and oxygen atoms in total. The van der Waals surface area contributed by atoms with E-state index in [1.165, 1.54) is 38.6 Å². The molecule has 1 aliphatic rings. The van der Waals surface area contributed by atoms with Gasteiger partial charge in [0.15, 0.2) is 5.84 Å². The normalized spacial score (nSPS) is 14.0. The second-order valence-corrected chi connectivity index (χ2v) is 13.8. The number of para-hydroxylation sites is 2. The van der Waals surface area contributed by atoms with Gasteiger partial charge < -0.3 is 9.88 Å². The molecule has 7 aromatic carbocycles. The van der Waals surface area contributed by atoms with Crippen LogP contribution in [-0.4, -0.2) is 21.2 Å². The molecule has 5 heteroatoms. The molecular formula is C50H35N5. The maximum Gasteiger partial charge on any atom is 0.159 e. The van der Waals surface area contributed by atoms with Crippen LogP contribution in [0.25, 0.3) is 60.9 Å². The third-order valence-electron chi connectivity index (χ3n) is 10.4. The Morgan fingerprint density at radius 2 is 0.927 bits per heavy atom. The Morgan fingerprint density at radius 1 is 0.418 bits per heavy atom. The van der Waals surface area contributed by atoms with E-state index < -0.39 is 0 Å². The van der Waals surface area contributed by atoms with Gasteiger partial charge in [-0.1, -0.05) is 146 Å². The van der Waals surface area contributed by atoms with Crippen LogP contribution in [0, 0.1) is 0 Å². The van der Waals surface area contributed by atoms with Gasteiger partial charge >= 0.3 is 0 Å². The first-order valence-corrected chi connectivity index (χ1v) is 18.5. The van der Waals surface area contributed by atoms with E-state index in [0.29, 0.717) is 5.84 Å². The highest BCUT2D eigenvalue weighted by molar-refractivity contribution is 6.13. The molecule has 3 heterocycles. The lowest BCUT2D eigenvalue weighted by molar-refractivity contribution is 0.674. The summed E-state index contributed by atoms with van der Waals surface area (Å²) in [6, 6.07) is 66.3. The van der Waals surface area contributed by atoms with Gasteiger partial charge in [0.1, 0.15) is 12.0 Å². The van der Waals surface area contributed by atoms with Crippen LogP contribution < -0.4 is 5.32 Å². The number of pyridine rings is 1. The predicted octanol–water partition coefficient (Wildman–Crippen LogP) is 11.7. The van der Waals surface area contributed by atoms with Crippen LogP contribution in [0.3, 0.4) is 0 Å². The van der Waals surface area contributed by atoms with Crippen molar-refractivity contribution in [3.8, 4) is 39.1 Å². The number of amidine groups is 2. The van der Waals surface area contributed by atoms with Crippen LogP contribution in [0.4, 0.5) is 0 Å². The van der Waals surface area contributed by atoms with Gasteiger partial charge in [-0.2, -0.15) is 0 Å². The molecule has 0 aliphatic carbocycles. The summed E-state index contributed by atoms with van der Waals surface area (Å²) in [5, 5.41) is 6.10. The highest BCUT2D eigenvalue weighted by Crippen LogP contribution is 2.35. The van der Waals surface area contributed by atoms with E-state index in [2.05, 4.69) is 173 Å². The molecule has 1 unspecified atom stereocenters. The van der Waals surface area contributed by atoms with Crippen molar-refractivity contribution in [3.63, 3.8) is 0 Å². The SMILES string of the molecule is c1ccc(C2N=C(c3ccc(-c4ccncc4)cc3)N=C(c3ccc(-c4ccc(-c5ccc6c(c5)c5ccccc5n6-c5ccccc5)cc4)cc3)N2)cc1. The van der Waals surface area contributed by atoms with E-state index in [0.717, 1.165) is 44.8 Å². The topological polar surface area (TPSA) is 54.6 Å². The molecule has 55 heavy (non-hydrogen) atoms. The summed E-state index contributed by atoms with van der Waals surface area (Å²) in [5.41, 5.74) is 13.6. The summed E-state index contributed by atoms with van der Waals surface area (Å²) >= 11 is 0. The van der Waals surface area contributed by atoms with E-state index in [1.807, 2.05) is 42.7 Å². The largest absolute Gasteiger partial charge is 0.344 e. The molecule has 0 radical (unpaired) electrons. The average molecular weight is 706 g/mol. The summed E-state index contributed by atoms with van der Waals surface area (Å²) in [4.78, 5) is 14.3. The van der Waals surface area contributed by atoms with Gasteiger partial charge in [0.2, 0.25) is 0 Å². The molecule has 1 atom stereocenters. The molecule has 9 aromatic rings. The molecule has 0 spiro atoms. The molecule has 0 amide bonds. The molecule has 260 valence electrons. The number of benzene rings is 7. The van der Waals surface area contributed by atoms with E-state index in [9.17, 15) is 0 Å². The fourth-order valence-corrected chi connectivity index (χ4v) is 7.57. The van der Waals surface area contributed by atoms with Gasteiger partial charge in [0, 0.05) is 40.0 Å². The van der Waals surface area contributed by atoms with Crippen molar-refractivity contribution in [1.29, 1.82) is 0 Å². The van der Waals surface area contributed by atoms with Crippen molar-refractivity contribution < 1.29 is 0 Å². The lowest BCUT2D eigenvalue weighted by Gasteiger charge is -2.23. The van der Waals surface area contributed by atoms with E-state index >= 15 is 0 Å². The zero-order chi connectivity index (χ0) is 36.6. The lowest BCUT2D eigenvalue weighted by Crippen LogP contribution is -2.33. The number of rotatable bonds is 7. The molecule has 0 fully saturated rings. The van der Waals surface area contributed by atoms with Gasteiger partial charge in [-0.3, -0.25) is 4.98 Å². The summed E-state index contributed by atoms with van der Waals surface area (Å²) in [5.74, 6) is 1.49. The highest BCUT2D eigenvalue weighted by Gasteiger charge is 2.21. The van der Waals surface area contributed by atoms with Crippen molar-refractivity contribution >= 4 is 33.5 Å². The number of hydrogen-bond donors (Lipinski definition) is 1. The smallest absolute Gasteiger partial charge is 0.159 e. The third kappa shape index (κ3) is 6.18. The second kappa shape index (κ2) is 13.9. The van der Waals surface area contributed by atoms with E-state index in [4.69, 9.17) is 9.98 Å². The number of hydrogen-bond acceptors (Lipinski definition) is 4. The maximum atomic E-state index is 5.05. The van der Waals surface area contributed by atoms with Crippen LogP contribution in [0.1, 0.15) is 22.9 Å². The first-order chi connectivity index (χ1) is 27.2. The van der Waals surface area contributed by atoms with Crippen molar-refractivity contribution in [1.82, 2.24) is 14.9 Å². The predicted molar refractivity (Wildman–Crippen MR) is 227 cm³/mol. The maximum absolute atomic E-state index is 5.05. The summed E-state index contributed by atoms with van der Waals surface area (Å²) in [7, 11) is 0. The fraction of sp³-hybridized carbons (Fsp3) is 0.0200. The Morgan fingerprint density at radius 3 is 1.60 bits per heavy atom. The zero-order valence-corrected chi connectivity index (χ0v) is 29.9. The van der Waals surface area contributed by atoms with Crippen molar-refractivity contribution in [3.05, 3.63) is 217 Å². The molecule has 0 bridgehead atoms. The standard InChI is InChI=1S/C50H35N5/c1-3-9-39(10-4-1)48-52-49(54-50(53-48)41-25-21-36(22-26-41)38-29-31-51-32-30-38)40-23-19-35(20-24-40)34-15-17-37(18-16-34)42-27-28-47-45(33-42)44-13-7-8-14-46(44)55(47)43-11-5-2-6-12-43/h1-33,48H,(H,52,53,54). The average Bonchev–Trinajstić information content (AvgIpc) is 3.61. The number of aromatic nitrogens is 2. The Bertz CT molecular complexity index is 2840. The first-order valence-electron chi connectivity index (χ1n) is 18.5. The van der Waals surface area contributed by atoms with Gasteiger partial charge in [-0.25, -0.2) is 9.98 Å². The Kier molecular flexibility index (Phi) is 8.15. The molecule has 0 saturated carbocycles. The molecule has 1 aliphatic heterocycles. The van der Waals surface area contributed by atoms with Crippen molar-refractivity contribution in [2.75, 3.05) is 0 Å². The number of nitrogens with one attached hydrogen (secondary N) is 1. The molecular weight excluding hydrogens is 671 g/mol. The van der Waals surface area contributed by atoms with Gasteiger partial charge in [0.05, 0.1) is 11.0 Å². The van der Waals surface area contributed by atoms with E-state index in [1.54, 1.807) is 0 Å². The van der Waals surface area contributed by atoms with Crippen LogP contribution >= 0.6 is 0 Å². The zero-order valence-electron chi connectivity index (χ0n) is 29.9. The number of nitrogens with zero attached hydrogens (tertiary/aromatic N) is 4. The van der Waals surface area contributed by atoms with Crippen LogP contribution in [0.5, 0.6) is 0 Å². The van der Waals surface area contributed by atoms with Crippen molar-refractivity contribution in [2.45, 2.75) is 6.17 Å². The van der Waals surface area contributed by atoms with Gasteiger partial charge in [0.25, 0.3) is 0 Å². The van der Waals surface area contributed by atoms with Crippen LogP contribution in [0.15, 0.2) is 210 Å². The summed E-state index contributed by atoms with van der Waals surface area (Å²) in [6.07, 6.45) is 3.37. The van der Waals surface area contributed by atoms with Gasteiger partial charge in [-0.15, -0.1) is 0 Å². The molecule has 0 saturated heterocycles. The molecule has 1 N–H and O–H groups in total. The first kappa shape index (κ1) is 32.3. The number of aliphatic imine (C=N–C) groups is 2. The minimum absolute atomic E-state index is 0.259. The molecule has 2 aromatic heterocycles. The number of fused-ring (bicyclic) bond motifs is 3. The van der Waals surface area contributed by atoms with E-state index in [-0.39, 0.29) is 6.17 Å². The molecule has 10 rings (SSSR count). The third-order valence-corrected chi connectivity index (χ3v) is 10.4. The lowest BCUT2D eigenvalue weighted by atomic mass is 9.98. The highest BCUT2D eigenvalue weighted by atomic mass is 15.2. The Labute approximate surface area is 319 Å². The fourth-order valence-electron chi connectivity index (χ4n) is 7.57. The van der Waals surface area contributed by atoms with Gasteiger partial charge in [-0.05, 0) is 81.4 Å². The van der Waals surface area contributed by atoms with Crippen molar-refractivity contribution in [2.24, 2.45) is 9.98 Å². The minimum atomic E-state index is -0.259.